The zero-order valence-corrected chi connectivity index (χ0v) is 18.6. The Kier molecular flexibility index (Phi) is 4.79. The maximum absolute atomic E-state index is 14.6. The summed E-state index contributed by atoms with van der Waals surface area (Å²) in [5.41, 5.74) is 0.185. The van der Waals surface area contributed by atoms with E-state index in [0.29, 0.717) is 29.8 Å². The first-order chi connectivity index (χ1) is 16.9. The van der Waals surface area contributed by atoms with E-state index in [1.807, 2.05) is 4.90 Å². The monoisotopic (exact) mass is 472 g/mol. The number of non-ortho nitro benzene ring substituents is 1. The molecule has 4 atom stereocenters. The van der Waals surface area contributed by atoms with E-state index in [2.05, 4.69) is 10.3 Å². The van der Waals surface area contributed by atoms with Crippen molar-refractivity contribution in [2.45, 2.75) is 30.3 Å². The molecule has 0 aliphatic carbocycles. The van der Waals surface area contributed by atoms with Crippen LogP contribution in [0.15, 0.2) is 66.9 Å². The van der Waals surface area contributed by atoms with Crippen LogP contribution in [0.1, 0.15) is 40.4 Å². The number of fused-ring (bicyclic) bond motifs is 4. The van der Waals surface area contributed by atoms with Crippen LogP contribution >= 0.6 is 0 Å². The lowest BCUT2D eigenvalue weighted by molar-refractivity contribution is -0.384. The molecule has 1 aromatic heterocycles. The average Bonchev–Trinajstić information content (AvgIpc) is 3.52. The van der Waals surface area contributed by atoms with Gasteiger partial charge in [-0.1, -0.05) is 18.2 Å². The van der Waals surface area contributed by atoms with Crippen LogP contribution in [0.2, 0.25) is 0 Å². The Morgan fingerprint density at radius 2 is 2.03 bits per heavy atom. The first-order valence-corrected chi connectivity index (χ1v) is 11.5. The largest absolute Gasteiger partial charge is 0.324 e. The molecule has 176 valence electrons. The van der Waals surface area contributed by atoms with Crippen LogP contribution in [0.25, 0.3) is 0 Å². The Hall–Kier alpha value is -3.98. The van der Waals surface area contributed by atoms with E-state index < -0.39 is 28.1 Å². The van der Waals surface area contributed by atoms with Gasteiger partial charge in [0.2, 0.25) is 5.91 Å². The van der Waals surface area contributed by atoms with Crippen LogP contribution in [0.4, 0.5) is 15.8 Å². The lowest BCUT2D eigenvalue weighted by atomic mass is 9.69. The normalized spacial score (nSPS) is 27.0. The van der Waals surface area contributed by atoms with E-state index in [1.165, 1.54) is 36.5 Å². The molecule has 3 aliphatic rings. The number of halogens is 1. The minimum atomic E-state index is -1.44. The highest BCUT2D eigenvalue weighted by atomic mass is 19.1. The van der Waals surface area contributed by atoms with Gasteiger partial charge in [0.25, 0.3) is 5.69 Å². The van der Waals surface area contributed by atoms with Crippen molar-refractivity contribution < 1.29 is 18.9 Å². The van der Waals surface area contributed by atoms with Crippen LogP contribution in [-0.2, 0) is 10.3 Å². The minimum absolute atomic E-state index is 0.0839. The van der Waals surface area contributed by atoms with Crippen molar-refractivity contribution in [1.82, 2.24) is 9.88 Å². The summed E-state index contributed by atoms with van der Waals surface area (Å²) < 4.78 is 14.6. The molecule has 6 rings (SSSR count). The summed E-state index contributed by atoms with van der Waals surface area (Å²) in [6, 6.07) is 15.2. The van der Waals surface area contributed by atoms with Gasteiger partial charge < -0.3 is 5.32 Å². The number of ketones is 1. The van der Waals surface area contributed by atoms with E-state index in [1.54, 1.807) is 30.3 Å². The summed E-state index contributed by atoms with van der Waals surface area (Å²) in [6.45, 7) is 0.547. The molecule has 3 aliphatic heterocycles. The number of hydrogen-bond donors (Lipinski definition) is 1. The number of hydrogen-bond acceptors (Lipinski definition) is 6. The summed E-state index contributed by atoms with van der Waals surface area (Å²) in [5, 5.41) is 14.4. The van der Waals surface area contributed by atoms with Gasteiger partial charge in [0, 0.05) is 41.5 Å². The molecule has 2 aromatic carbocycles. The maximum Gasteiger partial charge on any atom is 0.269 e. The average molecular weight is 472 g/mol. The Morgan fingerprint density at radius 1 is 1.17 bits per heavy atom. The molecule has 9 heteroatoms. The van der Waals surface area contributed by atoms with Gasteiger partial charge in [0.1, 0.15) is 17.1 Å². The van der Waals surface area contributed by atoms with Crippen LogP contribution in [0.3, 0.4) is 0 Å². The third kappa shape index (κ3) is 2.97. The number of anilines is 1. The summed E-state index contributed by atoms with van der Waals surface area (Å²) in [7, 11) is 0. The molecule has 8 nitrogen and oxygen atoms in total. The topological polar surface area (TPSA) is 105 Å². The van der Waals surface area contributed by atoms with Crippen molar-refractivity contribution in [3.05, 3.63) is 99.6 Å². The fourth-order valence-electron chi connectivity index (χ4n) is 6.42. The number of pyridine rings is 1. The van der Waals surface area contributed by atoms with E-state index in [4.69, 9.17) is 0 Å². The third-order valence-corrected chi connectivity index (χ3v) is 7.63. The molecule has 1 N–H and O–H groups in total. The second kappa shape index (κ2) is 7.78. The van der Waals surface area contributed by atoms with Gasteiger partial charge in [0.05, 0.1) is 10.8 Å². The van der Waals surface area contributed by atoms with Crippen LogP contribution in [-0.4, -0.2) is 39.1 Å². The standard InChI is InChI=1S/C26H21FN4O4/c27-16-9-10-19-18(14-16)26(25(33)29-19)23(24(32)20-7-1-2-11-28-20)22(21-8-4-12-30(21)26)15-5-3-6-17(13-15)31(34)35/h1-3,5-7,9-11,13-14,21-23H,4,8,12H2,(H,29,33)/t21-,22+,23-,26-/m0/s1. The molecule has 0 saturated carbocycles. The highest BCUT2D eigenvalue weighted by Crippen LogP contribution is 2.61. The molecule has 0 radical (unpaired) electrons. The summed E-state index contributed by atoms with van der Waals surface area (Å²) >= 11 is 0. The smallest absolute Gasteiger partial charge is 0.269 e. The van der Waals surface area contributed by atoms with Crippen molar-refractivity contribution >= 4 is 23.1 Å². The zero-order chi connectivity index (χ0) is 24.3. The van der Waals surface area contributed by atoms with Crippen molar-refractivity contribution in [2.75, 3.05) is 11.9 Å². The van der Waals surface area contributed by atoms with Crippen LogP contribution < -0.4 is 5.32 Å². The first-order valence-electron chi connectivity index (χ1n) is 11.5. The first kappa shape index (κ1) is 21.5. The summed E-state index contributed by atoms with van der Waals surface area (Å²) in [6.07, 6.45) is 3.01. The molecule has 4 heterocycles. The Balaban J connectivity index is 1.63. The number of rotatable bonds is 4. The van der Waals surface area contributed by atoms with Crippen LogP contribution in [0, 0.1) is 21.8 Å². The number of nitro groups is 1. The van der Waals surface area contributed by atoms with E-state index in [-0.39, 0.29) is 29.1 Å². The number of benzene rings is 2. The molecule has 0 unspecified atom stereocenters. The predicted molar refractivity (Wildman–Crippen MR) is 124 cm³/mol. The predicted octanol–water partition coefficient (Wildman–Crippen LogP) is 4.04. The number of nitro benzene ring substituents is 1. The number of nitrogens with zero attached hydrogens (tertiary/aromatic N) is 3. The zero-order valence-electron chi connectivity index (χ0n) is 18.6. The highest BCUT2D eigenvalue weighted by molar-refractivity contribution is 6.12. The van der Waals surface area contributed by atoms with E-state index in [9.17, 15) is 24.1 Å². The highest BCUT2D eigenvalue weighted by Gasteiger charge is 2.69. The molecule has 35 heavy (non-hydrogen) atoms. The van der Waals surface area contributed by atoms with Gasteiger partial charge >= 0.3 is 0 Å². The Labute approximate surface area is 199 Å². The molecular weight excluding hydrogens is 451 g/mol. The fraction of sp³-hybridized carbons (Fsp3) is 0.269. The van der Waals surface area contributed by atoms with Crippen molar-refractivity contribution in [3.63, 3.8) is 0 Å². The minimum Gasteiger partial charge on any atom is -0.324 e. The number of carbonyl (C=O) groups excluding carboxylic acids is 2. The molecule has 2 saturated heterocycles. The maximum atomic E-state index is 14.6. The summed E-state index contributed by atoms with van der Waals surface area (Å²) in [4.78, 5) is 45.4. The molecular formula is C26H21FN4O4. The van der Waals surface area contributed by atoms with Gasteiger partial charge in [-0.15, -0.1) is 0 Å². The molecule has 3 aromatic rings. The van der Waals surface area contributed by atoms with Gasteiger partial charge in [-0.25, -0.2) is 4.39 Å². The number of Topliss-reactive ketones (excluding diaryl/α,β-unsaturated/α-hetero) is 1. The van der Waals surface area contributed by atoms with Gasteiger partial charge in [0.15, 0.2) is 5.78 Å². The van der Waals surface area contributed by atoms with Gasteiger partial charge in [-0.05, 0) is 55.3 Å². The molecule has 1 amide bonds. The van der Waals surface area contributed by atoms with Crippen molar-refractivity contribution in [2.24, 2.45) is 5.92 Å². The Bertz CT molecular complexity index is 1380. The second-order valence-corrected chi connectivity index (χ2v) is 9.25. The van der Waals surface area contributed by atoms with Gasteiger partial charge in [-0.2, -0.15) is 0 Å². The Morgan fingerprint density at radius 3 is 2.80 bits per heavy atom. The SMILES string of the molecule is O=C(c1ccccn1)[C@@H]1[C@H](c2cccc([N+](=O)[O-])c2)[C@@H]2CCCN2[C@]12C(=O)Nc1ccc(F)cc12. The molecule has 1 spiro atoms. The third-order valence-electron chi connectivity index (χ3n) is 7.63. The molecule has 2 fully saturated rings. The number of nitrogens with one attached hydrogen (secondary N) is 1. The van der Waals surface area contributed by atoms with Crippen molar-refractivity contribution in [3.8, 4) is 0 Å². The van der Waals surface area contributed by atoms with E-state index >= 15 is 0 Å². The number of amides is 1. The van der Waals surface area contributed by atoms with E-state index in [0.717, 1.165) is 6.42 Å². The number of aromatic nitrogens is 1. The summed E-state index contributed by atoms with van der Waals surface area (Å²) in [5.74, 6) is -2.70. The van der Waals surface area contributed by atoms with Gasteiger partial charge in [-0.3, -0.25) is 29.6 Å². The number of carbonyl (C=O) groups is 2. The van der Waals surface area contributed by atoms with Crippen LogP contribution in [0.5, 0.6) is 0 Å². The fourth-order valence-corrected chi connectivity index (χ4v) is 6.42. The molecule has 0 bridgehead atoms. The van der Waals surface area contributed by atoms with Crippen molar-refractivity contribution in [1.29, 1.82) is 0 Å². The second-order valence-electron chi connectivity index (χ2n) is 9.25. The lowest BCUT2D eigenvalue weighted by Gasteiger charge is -2.36. The lowest BCUT2D eigenvalue weighted by Crippen LogP contribution is -2.53. The quantitative estimate of drug-likeness (QED) is 0.349.